The van der Waals surface area contributed by atoms with Gasteiger partial charge >= 0.3 is 5.97 Å². The van der Waals surface area contributed by atoms with Crippen LogP contribution in [0.4, 0.5) is 4.39 Å². The minimum Gasteiger partial charge on any atom is -0.480 e. The van der Waals surface area contributed by atoms with Crippen LogP contribution < -0.4 is 0 Å². The summed E-state index contributed by atoms with van der Waals surface area (Å²) in [5.74, 6) is -1.35. The standard InChI is InChI=1S/C14H19FN2O2/c1-14(13(18)19,11-4-3-5-12(15)10-11)17-8-6-16(2)7-9-17/h3-5,10H,6-9H2,1-2H3,(H,18,19). The monoisotopic (exact) mass is 266 g/mol. The van der Waals surface area contributed by atoms with Crippen LogP contribution in [-0.4, -0.2) is 54.1 Å². The molecule has 0 aromatic heterocycles. The lowest BCUT2D eigenvalue weighted by atomic mass is 9.89. The van der Waals surface area contributed by atoms with Crippen LogP contribution in [0.5, 0.6) is 0 Å². The van der Waals surface area contributed by atoms with Crippen molar-refractivity contribution in [3.63, 3.8) is 0 Å². The molecule has 1 aliphatic heterocycles. The second kappa shape index (κ2) is 5.27. The lowest BCUT2D eigenvalue weighted by Crippen LogP contribution is -2.56. The number of carbonyl (C=O) groups is 1. The number of carboxylic acid groups (broad SMARTS) is 1. The molecule has 1 atom stereocenters. The van der Waals surface area contributed by atoms with E-state index in [2.05, 4.69) is 4.90 Å². The third-order valence-corrected chi connectivity index (χ3v) is 3.94. The second-order valence-electron chi connectivity index (χ2n) is 5.18. The van der Waals surface area contributed by atoms with Crippen molar-refractivity contribution in [1.29, 1.82) is 0 Å². The van der Waals surface area contributed by atoms with Crippen LogP contribution in [0.3, 0.4) is 0 Å². The number of aliphatic carboxylic acids is 1. The van der Waals surface area contributed by atoms with E-state index >= 15 is 0 Å². The fourth-order valence-electron chi connectivity index (χ4n) is 2.49. The molecule has 5 heteroatoms. The van der Waals surface area contributed by atoms with E-state index in [4.69, 9.17) is 0 Å². The summed E-state index contributed by atoms with van der Waals surface area (Å²) >= 11 is 0. The number of halogens is 1. The number of piperazine rings is 1. The van der Waals surface area contributed by atoms with Gasteiger partial charge in [0.1, 0.15) is 11.4 Å². The van der Waals surface area contributed by atoms with Gasteiger partial charge in [0, 0.05) is 26.2 Å². The van der Waals surface area contributed by atoms with Crippen molar-refractivity contribution in [2.75, 3.05) is 33.2 Å². The summed E-state index contributed by atoms with van der Waals surface area (Å²) in [5, 5.41) is 9.62. The highest BCUT2D eigenvalue weighted by molar-refractivity contribution is 5.80. The van der Waals surface area contributed by atoms with Crippen molar-refractivity contribution in [1.82, 2.24) is 9.80 Å². The highest BCUT2D eigenvalue weighted by Crippen LogP contribution is 2.30. The molecule has 1 fully saturated rings. The van der Waals surface area contributed by atoms with Crippen molar-refractivity contribution >= 4 is 5.97 Å². The van der Waals surface area contributed by atoms with E-state index < -0.39 is 17.3 Å². The molecule has 1 aliphatic rings. The number of carboxylic acids is 1. The summed E-state index contributed by atoms with van der Waals surface area (Å²) in [5.41, 5.74) is -0.687. The Labute approximate surface area is 112 Å². The molecule has 0 radical (unpaired) electrons. The molecule has 1 saturated heterocycles. The van der Waals surface area contributed by atoms with Crippen LogP contribution in [0.1, 0.15) is 12.5 Å². The Hall–Kier alpha value is -1.46. The number of benzene rings is 1. The smallest absolute Gasteiger partial charge is 0.328 e. The lowest BCUT2D eigenvalue weighted by molar-refractivity contribution is -0.152. The number of likely N-dealkylation sites (N-methyl/N-ethyl adjacent to an activating group) is 1. The summed E-state index contributed by atoms with van der Waals surface area (Å²) in [6, 6.07) is 5.87. The molecule has 104 valence electrons. The predicted molar refractivity (Wildman–Crippen MR) is 70.5 cm³/mol. The third-order valence-electron chi connectivity index (χ3n) is 3.94. The average Bonchev–Trinajstić information content (AvgIpc) is 2.38. The molecular formula is C14H19FN2O2. The number of nitrogens with zero attached hydrogens (tertiary/aromatic N) is 2. The average molecular weight is 266 g/mol. The van der Waals surface area contributed by atoms with Gasteiger partial charge in [-0.1, -0.05) is 12.1 Å². The first-order valence-corrected chi connectivity index (χ1v) is 6.37. The van der Waals surface area contributed by atoms with Gasteiger partial charge in [0.2, 0.25) is 0 Å². The summed E-state index contributed by atoms with van der Waals surface area (Å²) in [6.45, 7) is 4.61. The summed E-state index contributed by atoms with van der Waals surface area (Å²) in [4.78, 5) is 15.8. The first-order chi connectivity index (χ1) is 8.94. The van der Waals surface area contributed by atoms with E-state index in [1.54, 1.807) is 19.1 Å². The SMILES string of the molecule is CN1CCN(C(C)(C(=O)O)c2cccc(F)c2)CC1. The van der Waals surface area contributed by atoms with Gasteiger partial charge in [-0.2, -0.15) is 0 Å². The molecule has 0 aliphatic carbocycles. The molecule has 19 heavy (non-hydrogen) atoms. The van der Waals surface area contributed by atoms with E-state index in [1.165, 1.54) is 12.1 Å². The highest BCUT2D eigenvalue weighted by atomic mass is 19.1. The van der Waals surface area contributed by atoms with E-state index in [0.29, 0.717) is 18.7 Å². The van der Waals surface area contributed by atoms with Gasteiger partial charge in [0.15, 0.2) is 0 Å². The Morgan fingerprint density at radius 2 is 1.95 bits per heavy atom. The molecule has 0 saturated carbocycles. The van der Waals surface area contributed by atoms with Gasteiger partial charge in [0.25, 0.3) is 0 Å². The molecule has 0 bridgehead atoms. The van der Waals surface area contributed by atoms with Crippen molar-refractivity contribution in [3.05, 3.63) is 35.6 Å². The number of rotatable bonds is 3. The molecular weight excluding hydrogens is 247 g/mol. The van der Waals surface area contributed by atoms with Crippen LogP contribution in [0.2, 0.25) is 0 Å². The van der Waals surface area contributed by atoms with Crippen molar-refractivity contribution < 1.29 is 14.3 Å². The Balaban J connectivity index is 2.35. The summed E-state index contributed by atoms with van der Waals surface area (Å²) < 4.78 is 13.4. The van der Waals surface area contributed by atoms with E-state index in [9.17, 15) is 14.3 Å². The molecule has 1 unspecified atom stereocenters. The van der Waals surface area contributed by atoms with Crippen LogP contribution in [0.15, 0.2) is 24.3 Å². The zero-order chi connectivity index (χ0) is 14.0. The minimum absolute atomic E-state index is 0.404. The molecule has 1 aromatic carbocycles. The van der Waals surface area contributed by atoms with E-state index in [-0.39, 0.29) is 0 Å². The zero-order valence-corrected chi connectivity index (χ0v) is 11.3. The van der Waals surface area contributed by atoms with Crippen molar-refractivity contribution in [3.8, 4) is 0 Å². The van der Waals surface area contributed by atoms with Gasteiger partial charge in [0.05, 0.1) is 0 Å². The van der Waals surface area contributed by atoms with Crippen LogP contribution >= 0.6 is 0 Å². The van der Waals surface area contributed by atoms with Crippen LogP contribution in [0, 0.1) is 5.82 Å². The molecule has 1 heterocycles. The van der Waals surface area contributed by atoms with Gasteiger partial charge in [-0.15, -0.1) is 0 Å². The van der Waals surface area contributed by atoms with Crippen molar-refractivity contribution in [2.24, 2.45) is 0 Å². The topological polar surface area (TPSA) is 43.8 Å². The Bertz CT molecular complexity index is 472. The van der Waals surface area contributed by atoms with Gasteiger partial charge in [-0.05, 0) is 31.7 Å². The Morgan fingerprint density at radius 3 is 2.47 bits per heavy atom. The largest absolute Gasteiger partial charge is 0.480 e. The maximum Gasteiger partial charge on any atom is 0.328 e. The molecule has 0 spiro atoms. The molecule has 1 aromatic rings. The lowest BCUT2D eigenvalue weighted by Gasteiger charge is -2.42. The summed E-state index contributed by atoms with van der Waals surface area (Å²) in [7, 11) is 2.01. The number of hydrogen-bond acceptors (Lipinski definition) is 3. The van der Waals surface area contributed by atoms with Gasteiger partial charge in [-0.25, -0.2) is 9.18 Å². The molecule has 1 N–H and O–H groups in total. The fourth-order valence-corrected chi connectivity index (χ4v) is 2.49. The predicted octanol–water partition coefficient (Wildman–Crippen LogP) is 1.37. The quantitative estimate of drug-likeness (QED) is 0.897. The molecule has 0 amide bonds. The van der Waals surface area contributed by atoms with Crippen molar-refractivity contribution in [2.45, 2.75) is 12.5 Å². The molecule has 4 nitrogen and oxygen atoms in total. The second-order valence-corrected chi connectivity index (χ2v) is 5.18. The summed E-state index contributed by atoms with van der Waals surface area (Å²) in [6.07, 6.45) is 0. The zero-order valence-electron chi connectivity index (χ0n) is 11.3. The minimum atomic E-state index is -1.18. The van der Waals surface area contributed by atoms with Crippen LogP contribution in [-0.2, 0) is 10.3 Å². The van der Waals surface area contributed by atoms with Gasteiger partial charge in [-0.3, -0.25) is 4.90 Å². The number of hydrogen-bond donors (Lipinski definition) is 1. The third kappa shape index (κ3) is 2.62. The van der Waals surface area contributed by atoms with E-state index in [1.807, 2.05) is 11.9 Å². The van der Waals surface area contributed by atoms with E-state index in [0.717, 1.165) is 13.1 Å². The van der Waals surface area contributed by atoms with Gasteiger partial charge < -0.3 is 10.0 Å². The fraction of sp³-hybridized carbons (Fsp3) is 0.500. The Kier molecular flexibility index (Phi) is 3.87. The first-order valence-electron chi connectivity index (χ1n) is 6.37. The van der Waals surface area contributed by atoms with Crippen LogP contribution in [0.25, 0.3) is 0 Å². The first kappa shape index (κ1) is 14.0. The highest BCUT2D eigenvalue weighted by Gasteiger charge is 2.42. The maximum atomic E-state index is 13.4. The normalized spacial score (nSPS) is 21.0. The molecule has 2 rings (SSSR count). The maximum absolute atomic E-state index is 13.4. The Morgan fingerprint density at radius 1 is 1.32 bits per heavy atom.